The summed E-state index contributed by atoms with van der Waals surface area (Å²) in [6.45, 7) is -0.161. The zero-order valence-corrected chi connectivity index (χ0v) is 19.5. The number of rotatable bonds is 12. The maximum absolute atomic E-state index is 14.8. The summed E-state index contributed by atoms with van der Waals surface area (Å²) < 4.78 is 94.0. The molecule has 0 fully saturated rings. The van der Waals surface area contributed by atoms with E-state index in [9.17, 15) is 34.8 Å². The number of esters is 1. The molecule has 182 valence electrons. The van der Waals surface area contributed by atoms with Crippen molar-refractivity contribution in [1.29, 1.82) is 0 Å². The summed E-state index contributed by atoms with van der Waals surface area (Å²) in [4.78, 5) is 12.3. The molecule has 0 amide bonds. The Labute approximate surface area is 194 Å². The maximum Gasteiger partial charge on any atom is 0.343 e. The number of carbonyl (C=O) groups is 1. The normalized spacial score (nSPS) is 12.0. The second-order valence-electron chi connectivity index (χ2n) is 6.95. The lowest BCUT2D eigenvalue weighted by atomic mass is 10.2. The third-order valence-electron chi connectivity index (χ3n) is 4.29. The van der Waals surface area contributed by atoms with E-state index in [1.165, 1.54) is 0 Å². The minimum Gasteiger partial charge on any atom is -0.457 e. The van der Waals surface area contributed by atoms with Crippen molar-refractivity contribution in [3.8, 4) is 0 Å². The van der Waals surface area contributed by atoms with Crippen molar-refractivity contribution in [3.05, 3.63) is 64.4 Å². The molecule has 33 heavy (non-hydrogen) atoms. The van der Waals surface area contributed by atoms with E-state index in [4.69, 9.17) is 16.3 Å². The first-order valence-electron chi connectivity index (χ1n) is 9.58. The van der Waals surface area contributed by atoms with Gasteiger partial charge < -0.3 is 4.74 Å². The fraction of sp³-hybridized carbons (Fsp3) is 0.350. The minimum absolute atomic E-state index is 0.161. The number of hydrogen-bond acceptors (Lipinski definition) is 6. The number of benzene rings is 2. The summed E-state index contributed by atoms with van der Waals surface area (Å²) in [5.74, 6) is -4.46. The van der Waals surface area contributed by atoms with Crippen LogP contribution in [-0.2, 0) is 31.2 Å². The smallest absolute Gasteiger partial charge is 0.343 e. The van der Waals surface area contributed by atoms with Gasteiger partial charge in [0, 0.05) is 6.42 Å². The molecule has 13 heteroatoms. The highest BCUT2D eigenvalue weighted by Crippen LogP contribution is 2.27. The Bertz CT molecular complexity index is 1180. The van der Waals surface area contributed by atoms with Crippen molar-refractivity contribution >= 4 is 43.1 Å². The van der Waals surface area contributed by atoms with E-state index in [2.05, 4.69) is 0 Å². The van der Waals surface area contributed by atoms with E-state index in [1.54, 1.807) is 30.3 Å². The number of halogens is 4. The van der Waals surface area contributed by atoms with Crippen molar-refractivity contribution in [3.63, 3.8) is 0 Å². The molecule has 0 unspecified atom stereocenters. The van der Waals surface area contributed by atoms with E-state index >= 15 is 0 Å². The third-order valence-corrected chi connectivity index (χ3v) is 7.73. The molecule has 0 bridgehead atoms. The fourth-order valence-corrected chi connectivity index (χ4v) is 5.52. The molecule has 7 nitrogen and oxygen atoms in total. The SMILES string of the molecule is O=C(OCc1ccccc1)c1c(Cl)ccc(NS(=O)(=O)CCCS(=O)(=O)CCC(F)F)c1F. The summed E-state index contributed by atoms with van der Waals surface area (Å²) in [5, 5.41) is -0.293. The molecule has 0 saturated heterocycles. The number of alkyl halides is 2. The molecule has 2 aromatic carbocycles. The standard InChI is InChI=1S/C20H21ClF3NO6S2/c21-15-7-8-16(19(24)18(15)20(26)31-13-14-5-2-1-3-6-14)25-33(29,30)11-4-10-32(27,28)12-9-17(22)23/h1-3,5-8,17,25H,4,9-13H2. The number of carbonyl (C=O) groups excluding carboxylic acids is 1. The average molecular weight is 528 g/mol. The van der Waals surface area contributed by atoms with Crippen LogP contribution in [0.4, 0.5) is 18.9 Å². The van der Waals surface area contributed by atoms with Gasteiger partial charge in [-0.3, -0.25) is 4.72 Å². The van der Waals surface area contributed by atoms with E-state index in [1.807, 2.05) is 4.72 Å². The van der Waals surface area contributed by atoms with Crippen molar-refractivity contribution in [1.82, 2.24) is 0 Å². The van der Waals surface area contributed by atoms with Crippen LogP contribution in [0.5, 0.6) is 0 Å². The van der Waals surface area contributed by atoms with Gasteiger partial charge in [0.2, 0.25) is 16.4 Å². The Balaban J connectivity index is 2.04. The molecule has 0 aromatic heterocycles. The van der Waals surface area contributed by atoms with Crippen LogP contribution in [0.2, 0.25) is 5.02 Å². The lowest BCUT2D eigenvalue weighted by Gasteiger charge is -2.13. The molecule has 0 saturated carbocycles. The van der Waals surface area contributed by atoms with Crippen molar-refractivity contribution < 1.29 is 39.5 Å². The van der Waals surface area contributed by atoms with Gasteiger partial charge in [0.15, 0.2) is 15.7 Å². The highest BCUT2D eigenvalue weighted by Gasteiger charge is 2.24. The Kier molecular flexibility index (Phi) is 9.56. The van der Waals surface area contributed by atoms with Crippen LogP contribution in [0.25, 0.3) is 0 Å². The van der Waals surface area contributed by atoms with Crippen molar-refractivity contribution in [2.24, 2.45) is 0 Å². The van der Waals surface area contributed by atoms with Gasteiger partial charge in [0.05, 0.1) is 28.0 Å². The van der Waals surface area contributed by atoms with Crippen LogP contribution >= 0.6 is 11.6 Å². The summed E-state index contributed by atoms with van der Waals surface area (Å²) in [6, 6.07) is 10.7. The molecule has 0 radical (unpaired) electrons. The monoisotopic (exact) mass is 527 g/mol. The minimum atomic E-state index is -4.22. The van der Waals surface area contributed by atoms with Crippen LogP contribution in [0.15, 0.2) is 42.5 Å². The molecule has 0 heterocycles. The van der Waals surface area contributed by atoms with Gasteiger partial charge in [0.25, 0.3) is 0 Å². The Hall–Kier alpha value is -2.31. The average Bonchev–Trinajstić information content (AvgIpc) is 2.73. The number of hydrogen-bond donors (Lipinski definition) is 1. The van der Waals surface area contributed by atoms with E-state index in [0.717, 1.165) is 12.1 Å². The van der Waals surface area contributed by atoms with Crippen LogP contribution in [0, 0.1) is 5.82 Å². The molecular formula is C20H21ClF3NO6S2. The van der Waals surface area contributed by atoms with Crippen LogP contribution in [0.3, 0.4) is 0 Å². The van der Waals surface area contributed by atoms with E-state index < -0.39 is 73.0 Å². The predicted molar refractivity (Wildman–Crippen MR) is 118 cm³/mol. The van der Waals surface area contributed by atoms with Gasteiger partial charge >= 0.3 is 5.97 Å². The number of sulfone groups is 1. The molecule has 0 atom stereocenters. The number of nitrogens with one attached hydrogen (secondary N) is 1. The Morgan fingerprint density at radius 2 is 1.67 bits per heavy atom. The first-order valence-corrected chi connectivity index (χ1v) is 13.4. The number of anilines is 1. The first-order chi connectivity index (χ1) is 15.4. The van der Waals surface area contributed by atoms with Gasteiger partial charge in [-0.25, -0.2) is 34.8 Å². The van der Waals surface area contributed by atoms with Crippen LogP contribution in [0.1, 0.15) is 28.8 Å². The molecule has 0 aliphatic carbocycles. The highest BCUT2D eigenvalue weighted by molar-refractivity contribution is 7.93. The second kappa shape index (κ2) is 11.7. The van der Waals surface area contributed by atoms with Gasteiger partial charge in [-0.05, 0) is 24.1 Å². The van der Waals surface area contributed by atoms with E-state index in [0.29, 0.717) is 5.56 Å². The molecule has 1 N–H and O–H groups in total. The summed E-state index contributed by atoms with van der Waals surface area (Å²) in [5.41, 5.74) is -0.600. The van der Waals surface area contributed by atoms with Crippen LogP contribution in [-0.4, -0.2) is 46.5 Å². The topological polar surface area (TPSA) is 107 Å². The summed E-state index contributed by atoms with van der Waals surface area (Å²) in [7, 11) is -8.08. The number of ether oxygens (including phenoxy) is 1. The lowest BCUT2D eigenvalue weighted by molar-refractivity contribution is 0.0467. The molecule has 0 aliphatic heterocycles. The Morgan fingerprint density at radius 1 is 1.00 bits per heavy atom. The summed E-state index contributed by atoms with van der Waals surface area (Å²) >= 11 is 5.90. The first kappa shape index (κ1) is 26.9. The zero-order valence-electron chi connectivity index (χ0n) is 17.1. The zero-order chi connectivity index (χ0) is 24.6. The van der Waals surface area contributed by atoms with Crippen molar-refractivity contribution in [2.75, 3.05) is 22.0 Å². The lowest BCUT2D eigenvalue weighted by Crippen LogP contribution is -2.22. The third kappa shape index (κ3) is 8.86. The van der Waals surface area contributed by atoms with Gasteiger partial charge in [-0.2, -0.15) is 0 Å². The maximum atomic E-state index is 14.8. The highest BCUT2D eigenvalue weighted by atomic mass is 35.5. The number of sulfonamides is 1. The van der Waals surface area contributed by atoms with Gasteiger partial charge in [-0.15, -0.1) is 0 Å². The predicted octanol–water partition coefficient (Wildman–Crippen LogP) is 4.04. The molecule has 2 aromatic rings. The quantitative estimate of drug-likeness (QED) is 0.418. The van der Waals surface area contributed by atoms with Crippen LogP contribution < -0.4 is 4.72 Å². The molecule has 0 spiro atoms. The molecule has 2 rings (SSSR count). The molecule has 0 aliphatic rings. The van der Waals surface area contributed by atoms with Gasteiger partial charge in [-0.1, -0.05) is 41.9 Å². The largest absolute Gasteiger partial charge is 0.457 e. The Morgan fingerprint density at radius 3 is 2.30 bits per heavy atom. The van der Waals surface area contributed by atoms with E-state index in [-0.39, 0.29) is 18.1 Å². The van der Waals surface area contributed by atoms with Crippen molar-refractivity contribution in [2.45, 2.75) is 25.9 Å². The fourth-order valence-electron chi connectivity index (χ4n) is 2.67. The molecular weight excluding hydrogens is 507 g/mol. The van der Waals surface area contributed by atoms with Gasteiger partial charge in [0.1, 0.15) is 12.2 Å². The second-order valence-corrected chi connectivity index (χ2v) is 11.5. The summed E-state index contributed by atoms with van der Waals surface area (Å²) in [6.07, 6.45) is -4.01.